The minimum absolute atomic E-state index is 0.0272. The summed E-state index contributed by atoms with van der Waals surface area (Å²) < 4.78 is 0. The van der Waals surface area contributed by atoms with E-state index < -0.39 is 0 Å². The number of ketones is 1. The molecule has 0 aromatic carbocycles. The van der Waals surface area contributed by atoms with Crippen molar-refractivity contribution in [2.45, 2.75) is 58.3 Å². The maximum absolute atomic E-state index is 13.1. The second-order valence-corrected chi connectivity index (χ2v) is 9.77. The maximum Gasteiger partial charge on any atom is 0.224 e. The fourth-order valence-electron chi connectivity index (χ4n) is 6.18. The Labute approximate surface area is 180 Å². The summed E-state index contributed by atoms with van der Waals surface area (Å²) in [5.41, 5.74) is 0.132. The second kappa shape index (κ2) is 9.21. The van der Waals surface area contributed by atoms with E-state index in [1.54, 1.807) is 0 Å². The van der Waals surface area contributed by atoms with Crippen LogP contribution in [0.15, 0.2) is 12.2 Å². The molecule has 2 saturated carbocycles. The smallest absolute Gasteiger partial charge is 0.224 e. The third-order valence-electron chi connectivity index (χ3n) is 7.83. The first-order chi connectivity index (χ1) is 14.6. The molecule has 166 valence electrons. The lowest BCUT2D eigenvalue weighted by Crippen LogP contribution is -2.45. The Kier molecular flexibility index (Phi) is 6.61. The van der Waals surface area contributed by atoms with Gasteiger partial charge in [0.2, 0.25) is 11.8 Å². The fourth-order valence-corrected chi connectivity index (χ4v) is 6.18. The molecule has 3 fully saturated rings. The number of likely N-dealkylation sites (tertiary alicyclic amines) is 1. The molecule has 1 aliphatic heterocycles. The van der Waals surface area contributed by atoms with Crippen LogP contribution in [0.5, 0.6) is 0 Å². The van der Waals surface area contributed by atoms with Crippen LogP contribution in [-0.4, -0.2) is 55.2 Å². The van der Waals surface area contributed by atoms with E-state index >= 15 is 0 Å². The standard InChI is InChI=1S/C24H37N3O3/c1-2-7-17(28)16-26-23(30)21-19-9-8-18(24(19)10-11-24)20(21)22(29)25-12-3-4-13-27-14-5-6-15-27/h8-9,18-21H,2-7,10-16H2,1H3,(H,25,29)(H,26,30)/t18-,19+,20-,21-/m1/s1. The number of carbonyl (C=O) groups excluding carboxylic acids is 3. The van der Waals surface area contributed by atoms with Gasteiger partial charge in [-0.3, -0.25) is 14.4 Å². The number of amides is 2. The molecule has 0 aromatic rings. The number of rotatable bonds is 11. The molecule has 4 aliphatic rings. The Morgan fingerprint density at radius 1 is 0.967 bits per heavy atom. The number of unbranched alkanes of at least 4 members (excludes halogenated alkanes) is 1. The molecule has 6 heteroatoms. The summed E-state index contributed by atoms with van der Waals surface area (Å²) in [4.78, 5) is 40.5. The van der Waals surface area contributed by atoms with Crippen LogP contribution in [-0.2, 0) is 14.4 Å². The van der Waals surface area contributed by atoms with Gasteiger partial charge in [-0.1, -0.05) is 19.1 Å². The van der Waals surface area contributed by atoms with Crippen LogP contribution >= 0.6 is 0 Å². The number of carbonyl (C=O) groups is 3. The zero-order valence-corrected chi connectivity index (χ0v) is 18.3. The Balaban J connectivity index is 1.30. The Morgan fingerprint density at radius 2 is 1.60 bits per heavy atom. The summed E-state index contributed by atoms with van der Waals surface area (Å²) in [5.74, 6) is -0.325. The van der Waals surface area contributed by atoms with E-state index in [9.17, 15) is 14.4 Å². The molecule has 2 N–H and O–H groups in total. The molecular weight excluding hydrogens is 378 g/mol. The number of nitrogens with zero attached hydrogens (tertiary/aromatic N) is 1. The van der Waals surface area contributed by atoms with Crippen molar-refractivity contribution in [2.75, 3.05) is 32.7 Å². The van der Waals surface area contributed by atoms with Crippen LogP contribution < -0.4 is 10.6 Å². The van der Waals surface area contributed by atoms with Crippen molar-refractivity contribution in [3.63, 3.8) is 0 Å². The zero-order valence-electron chi connectivity index (χ0n) is 18.3. The predicted octanol–water partition coefficient (Wildman–Crippen LogP) is 2.29. The van der Waals surface area contributed by atoms with Gasteiger partial charge in [0.1, 0.15) is 0 Å². The van der Waals surface area contributed by atoms with Crippen LogP contribution in [0.25, 0.3) is 0 Å². The topological polar surface area (TPSA) is 78.5 Å². The molecule has 2 amide bonds. The van der Waals surface area contributed by atoms with Crippen molar-refractivity contribution in [1.82, 2.24) is 15.5 Å². The number of hydrogen-bond acceptors (Lipinski definition) is 4. The van der Waals surface area contributed by atoms with Crippen LogP contribution in [0.3, 0.4) is 0 Å². The third kappa shape index (κ3) is 4.20. The summed E-state index contributed by atoms with van der Waals surface area (Å²) in [7, 11) is 0. The summed E-state index contributed by atoms with van der Waals surface area (Å²) >= 11 is 0. The van der Waals surface area contributed by atoms with Crippen molar-refractivity contribution in [3.8, 4) is 0 Å². The second-order valence-electron chi connectivity index (χ2n) is 9.77. The Morgan fingerprint density at radius 3 is 2.20 bits per heavy atom. The predicted molar refractivity (Wildman–Crippen MR) is 116 cm³/mol. The average molecular weight is 416 g/mol. The summed E-state index contributed by atoms with van der Waals surface area (Å²) in [6.45, 7) is 6.27. The molecular formula is C24H37N3O3. The van der Waals surface area contributed by atoms with Gasteiger partial charge >= 0.3 is 0 Å². The third-order valence-corrected chi connectivity index (χ3v) is 7.83. The van der Waals surface area contributed by atoms with Crippen LogP contribution in [0.4, 0.5) is 0 Å². The van der Waals surface area contributed by atoms with Gasteiger partial charge in [-0.25, -0.2) is 0 Å². The van der Waals surface area contributed by atoms with Crippen molar-refractivity contribution in [2.24, 2.45) is 29.1 Å². The molecule has 30 heavy (non-hydrogen) atoms. The maximum atomic E-state index is 13.1. The van der Waals surface area contributed by atoms with Crippen LogP contribution in [0.2, 0.25) is 0 Å². The monoisotopic (exact) mass is 415 g/mol. The molecule has 3 aliphatic carbocycles. The first-order valence-electron chi connectivity index (χ1n) is 12.0. The minimum Gasteiger partial charge on any atom is -0.356 e. The van der Waals surface area contributed by atoms with Crippen LogP contribution in [0.1, 0.15) is 58.3 Å². The van der Waals surface area contributed by atoms with E-state index in [0.717, 1.165) is 38.6 Å². The molecule has 4 rings (SSSR count). The van der Waals surface area contributed by atoms with Gasteiger partial charge in [-0.05, 0) is 81.8 Å². The highest BCUT2D eigenvalue weighted by Crippen LogP contribution is 2.72. The van der Waals surface area contributed by atoms with Gasteiger partial charge in [-0.2, -0.15) is 0 Å². The van der Waals surface area contributed by atoms with E-state index in [-0.39, 0.29) is 53.2 Å². The SMILES string of the molecule is CCCC(=O)CNC(=O)[C@H]1[C@H](C(=O)NCCCCN2CCCC2)[C@H]2C=C[C@@H]1C21CC1. The van der Waals surface area contributed by atoms with E-state index in [0.29, 0.717) is 13.0 Å². The Hall–Kier alpha value is -1.69. The highest BCUT2D eigenvalue weighted by molar-refractivity contribution is 5.92. The molecule has 0 radical (unpaired) electrons. The van der Waals surface area contributed by atoms with E-state index in [1.807, 2.05) is 6.92 Å². The highest BCUT2D eigenvalue weighted by Gasteiger charge is 2.69. The highest BCUT2D eigenvalue weighted by atomic mass is 16.2. The largest absolute Gasteiger partial charge is 0.356 e. The van der Waals surface area contributed by atoms with Gasteiger partial charge in [0.25, 0.3) is 0 Å². The Bertz CT molecular complexity index is 694. The summed E-state index contributed by atoms with van der Waals surface area (Å²) in [6, 6.07) is 0. The number of Topliss-reactive ketones (excluding diaryl/α,β-unsaturated/α-hetero) is 1. The lowest BCUT2D eigenvalue weighted by molar-refractivity contribution is -0.136. The van der Waals surface area contributed by atoms with Gasteiger partial charge < -0.3 is 15.5 Å². The molecule has 1 spiro atoms. The quantitative estimate of drug-likeness (QED) is 0.401. The lowest BCUT2D eigenvalue weighted by Gasteiger charge is -2.26. The number of allylic oxidation sites excluding steroid dienone is 2. The molecule has 1 saturated heterocycles. The number of nitrogens with one attached hydrogen (secondary N) is 2. The average Bonchev–Trinajstić information content (AvgIpc) is 3.09. The van der Waals surface area contributed by atoms with Gasteiger partial charge in [0, 0.05) is 13.0 Å². The fraction of sp³-hybridized carbons (Fsp3) is 0.792. The van der Waals surface area contributed by atoms with Crippen molar-refractivity contribution >= 4 is 17.6 Å². The van der Waals surface area contributed by atoms with E-state index in [2.05, 4.69) is 27.7 Å². The van der Waals surface area contributed by atoms with Gasteiger partial charge in [0.15, 0.2) is 5.78 Å². The van der Waals surface area contributed by atoms with E-state index in [4.69, 9.17) is 0 Å². The molecule has 2 bridgehead atoms. The van der Waals surface area contributed by atoms with E-state index in [1.165, 1.54) is 25.9 Å². The molecule has 6 nitrogen and oxygen atoms in total. The number of hydrogen-bond donors (Lipinski definition) is 2. The van der Waals surface area contributed by atoms with Crippen LogP contribution in [0, 0.1) is 29.1 Å². The molecule has 0 unspecified atom stereocenters. The zero-order chi connectivity index (χ0) is 21.1. The molecule has 4 atom stereocenters. The molecule has 0 aromatic heterocycles. The summed E-state index contributed by atoms with van der Waals surface area (Å²) in [5, 5.41) is 5.98. The lowest BCUT2D eigenvalue weighted by atomic mass is 9.81. The van der Waals surface area contributed by atoms with Gasteiger partial charge in [-0.15, -0.1) is 0 Å². The van der Waals surface area contributed by atoms with Crippen molar-refractivity contribution in [3.05, 3.63) is 12.2 Å². The van der Waals surface area contributed by atoms with Crippen molar-refractivity contribution < 1.29 is 14.4 Å². The van der Waals surface area contributed by atoms with Crippen molar-refractivity contribution in [1.29, 1.82) is 0 Å². The first-order valence-corrected chi connectivity index (χ1v) is 12.0. The molecule has 1 heterocycles. The normalized spacial score (nSPS) is 30.7. The van der Waals surface area contributed by atoms with Gasteiger partial charge in [0.05, 0.1) is 18.4 Å². The summed E-state index contributed by atoms with van der Waals surface area (Å²) in [6.07, 6.45) is 12.5. The minimum atomic E-state index is -0.332. The first kappa shape index (κ1) is 21.5.